The van der Waals surface area contributed by atoms with Gasteiger partial charge in [-0.05, 0) is 44.2 Å². The number of hydrogen-bond donors (Lipinski definition) is 3. The number of carbonyl (C=O) groups is 1. The minimum atomic E-state index is -0.163. The Morgan fingerprint density at radius 2 is 1.81 bits per heavy atom. The largest absolute Gasteiger partial charge is 0.383 e. The van der Waals surface area contributed by atoms with Crippen LogP contribution in [0.4, 0.5) is 11.5 Å². The van der Waals surface area contributed by atoms with E-state index in [0.29, 0.717) is 17.4 Å². The third kappa shape index (κ3) is 3.51. The van der Waals surface area contributed by atoms with Crippen molar-refractivity contribution in [1.82, 2.24) is 25.1 Å². The first-order chi connectivity index (χ1) is 15.1. The monoisotopic (exact) mass is 413 g/mol. The number of carbonyl (C=O) groups excluding carboxylic acids is 1. The molecular formula is C23H23N7O. The van der Waals surface area contributed by atoms with Crippen molar-refractivity contribution in [3.63, 3.8) is 0 Å². The molecule has 8 nitrogen and oxygen atoms in total. The van der Waals surface area contributed by atoms with Crippen LogP contribution in [0.25, 0.3) is 22.3 Å². The molecule has 0 radical (unpaired) electrons. The van der Waals surface area contributed by atoms with E-state index in [2.05, 4.69) is 20.6 Å². The molecule has 5 rings (SSSR count). The highest BCUT2D eigenvalue weighted by atomic mass is 16.1. The van der Waals surface area contributed by atoms with Gasteiger partial charge in [0.25, 0.3) is 5.91 Å². The molecule has 1 aliphatic carbocycles. The molecular weight excluding hydrogens is 390 g/mol. The topological polar surface area (TPSA) is 111 Å². The van der Waals surface area contributed by atoms with Crippen molar-refractivity contribution in [3.8, 4) is 11.3 Å². The molecule has 31 heavy (non-hydrogen) atoms. The van der Waals surface area contributed by atoms with Crippen LogP contribution in [-0.2, 0) is 0 Å². The lowest BCUT2D eigenvalue weighted by Gasteiger charge is -2.35. The Kier molecular flexibility index (Phi) is 4.83. The van der Waals surface area contributed by atoms with Gasteiger partial charge in [-0.2, -0.15) is 5.10 Å². The van der Waals surface area contributed by atoms with Crippen molar-refractivity contribution in [1.29, 1.82) is 0 Å². The average Bonchev–Trinajstić information content (AvgIpc) is 3.14. The number of fused-ring (bicyclic) bond motifs is 1. The fourth-order valence-corrected chi connectivity index (χ4v) is 3.98. The van der Waals surface area contributed by atoms with Crippen LogP contribution in [0.3, 0.4) is 0 Å². The van der Waals surface area contributed by atoms with E-state index in [1.165, 1.54) is 6.33 Å². The van der Waals surface area contributed by atoms with Crippen LogP contribution in [0.2, 0.25) is 0 Å². The number of aromatic nitrogens is 4. The zero-order chi connectivity index (χ0) is 21.4. The quantitative estimate of drug-likeness (QED) is 0.463. The second kappa shape index (κ2) is 7.81. The van der Waals surface area contributed by atoms with Crippen LogP contribution >= 0.6 is 0 Å². The van der Waals surface area contributed by atoms with E-state index in [4.69, 9.17) is 10.8 Å². The van der Waals surface area contributed by atoms with E-state index < -0.39 is 0 Å². The predicted octanol–water partition coefficient (Wildman–Crippen LogP) is 3.25. The number of anilines is 2. The lowest BCUT2D eigenvalue weighted by atomic mass is 9.87. The summed E-state index contributed by atoms with van der Waals surface area (Å²) >= 11 is 0. The molecule has 0 saturated heterocycles. The van der Waals surface area contributed by atoms with Gasteiger partial charge in [-0.1, -0.05) is 30.3 Å². The van der Waals surface area contributed by atoms with Crippen LogP contribution in [0.1, 0.15) is 29.2 Å². The third-order valence-corrected chi connectivity index (χ3v) is 5.84. The molecule has 156 valence electrons. The zero-order valence-corrected chi connectivity index (χ0v) is 17.1. The van der Waals surface area contributed by atoms with Gasteiger partial charge in [0.05, 0.1) is 11.4 Å². The van der Waals surface area contributed by atoms with E-state index in [0.717, 1.165) is 40.8 Å². The lowest BCUT2D eigenvalue weighted by Crippen LogP contribution is -2.40. The Labute approximate surface area is 179 Å². The highest BCUT2D eigenvalue weighted by Crippen LogP contribution is 2.37. The van der Waals surface area contributed by atoms with Gasteiger partial charge < -0.3 is 16.4 Å². The number of hydrogen-bond acceptors (Lipinski definition) is 6. The number of nitrogens with two attached hydrogens (primary N) is 1. The molecule has 4 aromatic rings. The van der Waals surface area contributed by atoms with Crippen LogP contribution in [0.15, 0.2) is 60.9 Å². The number of rotatable bonds is 5. The molecule has 1 amide bonds. The van der Waals surface area contributed by atoms with Crippen molar-refractivity contribution >= 4 is 28.4 Å². The highest BCUT2D eigenvalue weighted by molar-refractivity contribution is 6.05. The summed E-state index contributed by atoms with van der Waals surface area (Å²) in [5.41, 5.74) is 9.87. The van der Waals surface area contributed by atoms with Gasteiger partial charge >= 0.3 is 0 Å². The van der Waals surface area contributed by atoms with E-state index >= 15 is 0 Å². The molecule has 0 atom stereocenters. The van der Waals surface area contributed by atoms with Gasteiger partial charge in [0.1, 0.15) is 17.8 Å². The van der Waals surface area contributed by atoms with Gasteiger partial charge in [-0.25, -0.2) is 14.6 Å². The van der Waals surface area contributed by atoms with Crippen LogP contribution in [0.5, 0.6) is 0 Å². The normalized spacial score (nSPS) is 18.0. The summed E-state index contributed by atoms with van der Waals surface area (Å²) in [7, 11) is 1.98. The SMILES string of the molecule is CNC1CC(n2nc(-c3ccc(C(=O)Nc4ccccc4)cc3)c3c(N)ncnc32)C1. The van der Waals surface area contributed by atoms with Gasteiger partial charge in [0.15, 0.2) is 5.65 Å². The summed E-state index contributed by atoms with van der Waals surface area (Å²) in [6.45, 7) is 0. The van der Waals surface area contributed by atoms with Crippen LogP contribution < -0.4 is 16.4 Å². The second-order valence-electron chi connectivity index (χ2n) is 7.76. The minimum absolute atomic E-state index is 0.163. The van der Waals surface area contributed by atoms with Gasteiger partial charge in [-0.3, -0.25) is 4.79 Å². The molecule has 0 aliphatic heterocycles. The van der Waals surface area contributed by atoms with E-state index in [1.54, 1.807) is 12.1 Å². The van der Waals surface area contributed by atoms with E-state index in [1.807, 2.05) is 54.2 Å². The number of nitrogens with zero attached hydrogens (tertiary/aromatic N) is 4. The number of nitrogen functional groups attached to an aromatic ring is 1. The van der Waals surface area contributed by atoms with E-state index in [9.17, 15) is 4.79 Å². The molecule has 2 aromatic heterocycles. The summed E-state index contributed by atoms with van der Waals surface area (Å²) < 4.78 is 1.96. The van der Waals surface area contributed by atoms with Crippen molar-refractivity contribution in [2.45, 2.75) is 24.9 Å². The smallest absolute Gasteiger partial charge is 0.255 e. The Morgan fingerprint density at radius 1 is 1.06 bits per heavy atom. The summed E-state index contributed by atoms with van der Waals surface area (Å²) in [5.74, 6) is 0.241. The Balaban J connectivity index is 1.46. The first-order valence-electron chi connectivity index (χ1n) is 10.3. The van der Waals surface area contributed by atoms with Crippen molar-refractivity contribution < 1.29 is 4.79 Å². The molecule has 0 unspecified atom stereocenters. The first-order valence-corrected chi connectivity index (χ1v) is 10.3. The Morgan fingerprint density at radius 3 is 2.52 bits per heavy atom. The Hall–Kier alpha value is -3.78. The predicted molar refractivity (Wildman–Crippen MR) is 121 cm³/mol. The lowest BCUT2D eigenvalue weighted by molar-refractivity contribution is 0.102. The maximum absolute atomic E-state index is 12.6. The molecule has 0 bridgehead atoms. The van der Waals surface area contributed by atoms with Gasteiger partial charge in [-0.15, -0.1) is 0 Å². The number of amides is 1. The number of para-hydroxylation sites is 1. The molecule has 2 heterocycles. The van der Waals surface area contributed by atoms with Crippen molar-refractivity contribution in [2.75, 3.05) is 18.1 Å². The summed E-state index contributed by atoms with van der Waals surface area (Å²) in [6, 6.07) is 17.5. The molecule has 1 aliphatic rings. The first kappa shape index (κ1) is 19.2. The summed E-state index contributed by atoms with van der Waals surface area (Å²) in [5, 5.41) is 11.8. The van der Waals surface area contributed by atoms with Crippen molar-refractivity contribution in [2.24, 2.45) is 0 Å². The van der Waals surface area contributed by atoms with Crippen LogP contribution in [-0.4, -0.2) is 38.7 Å². The second-order valence-corrected chi connectivity index (χ2v) is 7.76. The average molecular weight is 413 g/mol. The standard InChI is InChI=1S/C23H23N7O/c1-25-17-11-18(12-17)30-22-19(21(24)26-13-27-22)20(29-30)14-7-9-15(10-8-14)23(31)28-16-5-3-2-4-6-16/h2-10,13,17-18,25H,11-12H2,1H3,(H,28,31)(H2,24,26,27). The summed E-state index contributed by atoms with van der Waals surface area (Å²) in [6.07, 6.45) is 3.47. The molecule has 0 spiro atoms. The molecule has 1 saturated carbocycles. The third-order valence-electron chi connectivity index (χ3n) is 5.84. The molecule has 8 heteroatoms. The fraction of sp³-hybridized carbons (Fsp3) is 0.217. The maximum Gasteiger partial charge on any atom is 0.255 e. The molecule has 4 N–H and O–H groups in total. The molecule has 1 fully saturated rings. The van der Waals surface area contributed by atoms with Gasteiger partial charge in [0.2, 0.25) is 0 Å². The van der Waals surface area contributed by atoms with E-state index in [-0.39, 0.29) is 11.9 Å². The summed E-state index contributed by atoms with van der Waals surface area (Å²) in [4.78, 5) is 21.2. The van der Waals surface area contributed by atoms with Gasteiger partial charge in [0, 0.05) is 22.9 Å². The fourth-order valence-electron chi connectivity index (χ4n) is 3.98. The van der Waals surface area contributed by atoms with Crippen molar-refractivity contribution in [3.05, 3.63) is 66.5 Å². The number of benzene rings is 2. The van der Waals surface area contributed by atoms with Crippen LogP contribution in [0, 0.1) is 0 Å². The number of nitrogens with one attached hydrogen (secondary N) is 2. The highest BCUT2D eigenvalue weighted by Gasteiger charge is 2.32. The zero-order valence-electron chi connectivity index (χ0n) is 17.1. The minimum Gasteiger partial charge on any atom is -0.383 e. The molecule has 2 aromatic carbocycles. The Bertz CT molecular complexity index is 1230. The maximum atomic E-state index is 12.6.